The first-order valence-corrected chi connectivity index (χ1v) is 14.6. The standard InChI is InChI=1S/C29H29FN4O5S/c1-5-18-14-29(20-8-6-7-9-22(20)33-27(29)37)16-34(18)26(36)24(15-28(2,3)30)32-25(35)23-13-17-12-19(40(4,38)39)10-11-21(17)31-23/h1,6-13,18,24,31H,14-16H2,2-4H3,(H,32,35)(H,33,37)/t18-,24?,29+/m1/s1. The Labute approximate surface area is 231 Å². The lowest BCUT2D eigenvalue weighted by Crippen LogP contribution is -2.52. The van der Waals surface area contributed by atoms with Crippen LogP contribution in [0.25, 0.3) is 10.9 Å². The third-order valence-corrected chi connectivity index (χ3v) is 8.63. The lowest BCUT2D eigenvalue weighted by molar-refractivity contribution is -0.134. The summed E-state index contributed by atoms with van der Waals surface area (Å²) in [4.78, 5) is 44.7. The summed E-state index contributed by atoms with van der Waals surface area (Å²) < 4.78 is 38.8. The zero-order valence-electron chi connectivity index (χ0n) is 22.2. The molecule has 1 fully saturated rings. The minimum absolute atomic E-state index is 0.0106. The molecule has 3 atom stereocenters. The number of sulfone groups is 1. The number of aromatic nitrogens is 1. The molecule has 3 aromatic rings. The van der Waals surface area contributed by atoms with Crippen molar-refractivity contribution in [3.05, 3.63) is 59.8 Å². The summed E-state index contributed by atoms with van der Waals surface area (Å²) in [5.74, 6) is 1.07. The molecular formula is C29H29FN4O5S. The smallest absolute Gasteiger partial charge is 0.268 e. The number of nitrogens with zero attached hydrogens (tertiary/aromatic N) is 1. The number of alkyl halides is 1. The molecule has 2 aliphatic rings. The molecule has 3 heterocycles. The number of aromatic amines is 1. The summed E-state index contributed by atoms with van der Waals surface area (Å²) in [6, 6.07) is 11.1. The normalized spacial score (nSPS) is 21.2. The quantitative estimate of drug-likeness (QED) is 0.397. The van der Waals surface area contributed by atoms with E-state index in [0.29, 0.717) is 16.6 Å². The Morgan fingerprint density at radius 1 is 1.25 bits per heavy atom. The van der Waals surface area contributed by atoms with Gasteiger partial charge in [0.1, 0.15) is 17.4 Å². The fraction of sp³-hybridized carbons (Fsp3) is 0.345. The van der Waals surface area contributed by atoms with E-state index in [-0.39, 0.29) is 35.9 Å². The van der Waals surface area contributed by atoms with Crippen molar-refractivity contribution in [2.45, 2.75) is 54.8 Å². The maximum absolute atomic E-state index is 14.9. The van der Waals surface area contributed by atoms with Gasteiger partial charge in [-0.25, -0.2) is 12.8 Å². The highest BCUT2D eigenvalue weighted by molar-refractivity contribution is 7.90. The van der Waals surface area contributed by atoms with Crippen LogP contribution in [0.5, 0.6) is 0 Å². The number of rotatable bonds is 6. The Balaban J connectivity index is 1.44. The predicted octanol–water partition coefficient (Wildman–Crippen LogP) is 2.93. The average molecular weight is 565 g/mol. The first kappa shape index (κ1) is 27.4. The van der Waals surface area contributed by atoms with Gasteiger partial charge in [0, 0.05) is 35.8 Å². The molecule has 5 rings (SSSR count). The van der Waals surface area contributed by atoms with Crippen LogP contribution in [0.1, 0.15) is 42.7 Å². The zero-order valence-corrected chi connectivity index (χ0v) is 23.1. The van der Waals surface area contributed by atoms with E-state index in [2.05, 4.69) is 21.5 Å². The third kappa shape index (κ3) is 4.84. The molecule has 40 heavy (non-hydrogen) atoms. The number of H-pyrrole nitrogens is 1. The van der Waals surface area contributed by atoms with Crippen molar-refractivity contribution in [2.24, 2.45) is 0 Å². The number of halogens is 1. The van der Waals surface area contributed by atoms with Crippen LogP contribution in [0.4, 0.5) is 10.1 Å². The molecule has 0 bridgehead atoms. The molecule has 3 amide bonds. The second-order valence-corrected chi connectivity index (χ2v) is 13.1. The van der Waals surface area contributed by atoms with Gasteiger partial charge in [0.2, 0.25) is 11.8 Å². The summed E-state index contributed by atoms with van der Waals surface area (Å²) >= 11 is 0. The van der Waals surface area contributed by atoms with E-state index in [1.54, 1.807) is 18.2 Å². The molecule has 1 unspecified atom stereocenters. The number of terminal acetylenes is 1. The lowest BCUT2D eigenvalue weighted by atomic mass is 9.79. The van der Waals surface area contributed by atoms with Crippen LogP contribution < -0.4 is 10.6 Å². The minimum atomic E-state index is -3.46. The van der Waals surface area contributed by atoms with Crippen molar-refractivity contribution in [1.82, 2.24) is 15.2 Å². The van der Waals surface area contributed by atoms with Crippen LogP contribution in [0.3, 0.4) is 0 Å². The van der Waals surface area contributed by atoms with E-state index >= 15 is 0 Å². The monoisotopic (exact) mass is 564 g/mol. The third-order valence-electron chi connectivity index (χ3n) is 7.52. The summed E-state index contributed by atoms with van der Waals surface area (Å²) in [6.45, 7) is 2.60. The Bertz CT molecular complexity index is 1700. The van der Waals surface area contributed by atoms with Crippen molar-refractivity contribution in [3.8, 4) is 12.3 Å². The molecule has 11 heteroatoms. The number of nitrogens with one attached hydrogen (secondary N) is 3. The molecule has 9 nitrogen and oxygen atoms in total. The second-order valence-electron chi connectivity index (χ2n) is 11.1. The van der Waals surface area contributed by atoms with Gasteiger partial charge in [-0.2, -0.15) is 0 Å². The molecular weight excluding hydrogens is 535 g/mol. The molecule has 1 aromatic heterocycles. The fourth-order valence-electron chi connectivity index (χ4n) is 5.60. The van der Waals surface area contributed by atoms with Gasteiger partial charge in [-0.1, -0.05) is 24.1 Å². The van der Waals surface area contributed by atoms with Crippen molar-refractivity contribution in [2.75, 3.05) is 18.1 Å². The number of carbonyl (C=O) groups excluding carboxylic acids is 3. The van der Waals surface area contributed by atoms with Gasteiger partial charge in [0.15, 0.2) is 9.84 Å². The number of hydrogen-bond donors (Lipinski definition) is 3. The molecule has 2 aliphatic heterocycles. The van der Waals surface area contributed by atoms with Crippen LogP contribution in [0, 0.1) is 12.3 Å². The van der Waals surface area contributed by atoms with Gasteiger partial charge in [-0.15, -0.1) is 6.42 Å². The molecule has 0 aliphatic carbocycles. The molecule has 0 saturated carbocycles. The van der Waals surface area contributed by atoms with Crippen LogP contribution in [-0.2, 0) is 24.8 Å². The van der Waals surface area contributed by atoms with E-state index in [9.17, 15) is 27.2 Å². The Hall–Kier alpha value is -4.17. The van der Waals surface area contributed by atoms with Gasteiger partial charge in [0.05, 0.1) is 16.4 Å². The van der Waals surface area contributed by atoms with Crippen LogP contribution in [-0.4, -0.2) is 66.6 Å². The summed E-state index contributed by atoms with van der Waals surface area (Å²) in [5, 5.41) is 5.99. The maximum atomic E-state index is 14.9. The number of carbonyl (C=O) groups is 3. The zero-order chi connectivity index (χ0) is 29.0. The molecule has 208 valence electrons. The predicted molar refractivity (Wildman–Crippen MR) is 148 cm³/mol. The van der Waals surface area contributed by atoms with E-state index in [1.165, 1.54) is 36.9 Å². The Morgan fingerprint density at radius 3 is 2.65 bits per heavy atom. The number of likely N-dealkylation sites (tertiary alicyclic amines) is 1. The summed E-state index contributed by atoms with van der Waals surface area (Å²) in [5.41, 5.74) is -0.869. The van der Waals surface area contributed by atoms with Crippen molar-refractivity contribution < 1.29 is 27.2 Å². The second kappa shape index (κ2) is 9.48. The summed E-state index contributed by atoms with van der Waals surface area (Å²) in [6.07, 6.45) is 6.75. The van der Waals surface area contributed by atoms with Crippen molar-refractivity contribution in [3.63, 3.8) is 0 Å². The largest absolute Gasteiger partial charge is 0.351 e. The van der Waals surface area contributed by atoms with E-state index in [0.717, 1.165) is 11.8 Å². The average Bonchev–Trinajstić information content (AvgIpc) is 3.56. The van der Waals surface area contributed by atoms with Crippen molar-refractivity contribution in [1.29, 1.82) is 0 Å². The van der Waals surface area contributed by atoms with Gasteiger partial charge < -0.3 is 20.5 Å². The number of para-hydroxylation sites is 1. The Morgan fingerprint density at radius 2 is 1.98 bits per heavy atom. The van der Waals surface area contributed by atoms with Gasteiger partial charge >= 0.3 is 0 Å². The first-order valence-electron chi connectivity index (χ1n) is 12.7. The van der Waals surface area contributed by atoms with Gasteiger partial charge in [0.25, 0.3) is 5.91 Å². The maximum Gasteiger partial charge on any atom is 0.268 e. The molecule has 1 saturated heterocycles. The highest BCUT2D eigenvalue weighted by Gasteiger charge is 2.56. The molecule has 3 N–H and O–H groups in total. The van der Waals surface area contributed by atoms with Crippen LogP contribution in [0.2, 0.25) is 0 Å². The van der Waals surface area contributed by atoms with Crippen LogP contribution in [0.15, 0.2) is 53.4 Å². The van der Waals surface area contributed by atoms with Gasteiger partial charge in [-0.3, -0.25) is 14.4 Å². The number of amides is 3. The van der Waals surface area contributed by atoms with E-state index in [1.807, 2.05) is 12.1 Å². The number of anilines is 1. The van der Waals surface area contributed by atoms with E-state index in [4.69, 9.17) is 6.42 Å². The first-order chi connectivity index (χ1) is 18.7. The number of fused-ring (bicyclic) bond motifs is 3. The summed E-state index contributed by atoms with van der Waals surface area (Å²) in [7, 11) is -3.46. The number of hydrogen-bond acceptors (Lipinski definition) is 5. The SMILES string of the molecule is C#C[C@@H]1C[C@@]2(CN1C(=O)C(CC(C)(C)F)NC(=O)c1cc3cc(S(C)(=O)=O)ccc3[nH]1)C(=O)Nc1ccccc12. The lowest BCUT2D eigenvalue weighted by Gasteiger charge is -2.30. The highest BCUT2D eigenvalue weighted by atomic mass is 32.2. The Kier molecular flexibility index (Phi) is 6.50. The molecule has 0 radical (unpaired) electrons. The molecule has 2 aromatic carbocycles. The minimum Gasteiger partial charge on any atom is -0.351 e. The fourth-order valence-corrected chi connectivity index (χ4v) is 6.26. The molecule has 1 spiro atoms. The van der Waals surface area contributed by atoms with Crippen LogP contribution >= 0.6 is 0 Å². The van der Waals surface area contributed by atoms with Gasteiger partial charge in [-0.05, 0) is 56.2 Å². The topological polar surface area (TPSA) is 128 Å². The highest BCUT2D eigenvalue weighted by Crippen LogP contribution is 2.46. The number of benzene rings is 2. The van der Waals surface area contributed by atoms with E-state index < -0.39 is 44.8 Å². The van der Waals surface area contributed by atoms with Crippen molar-refractivity contribution >= 4 is 44.1 Å².